The van der Waals surface area contributed by atoms with E-state index >= 15 is 0 Å². The van der Waals surface area contributed by atoms with Crippen LogP contribution in [0.15, 0.2) is 61.2 Å². The van der Waals surface area contributed by atoms with Gasteiger partial charge >= 0.3 is 12.1 Å². The van der Waals surface area contributed by atoms with Gasteiger partial charge in [0.25, 0.3) is 0 Å². The molecule has 7 nitrogen and oxygen atoms in total. The van der Waals surface area contributed by atoms with E-state index in [0.29, 0.717) is 12.8 Å². The SMILES string of the molecule is C=CCCC(NC(=O)CCC(C)(C)NC(=O)OCC1c2ccccc2-c2ccccc21)C(=O)O. The van der Waals surface area contributed by atoms with E-state index in [2.05, 4.69) is 41.5 Å². The number of carbonyl (C=O) groups excluding carboxylic acids is 2. The molecule has 0 radical (unpaired) electrons. The van der Waals surface area contributed by atoms with E-state index in [1.807, 2.05) is 24.3 Å². The lowest BCUT2D eigenvalue weighted by Crippen LogP contribution is -2.46. The molecule has 2 aromatic carbocycles. The smallest absolute Gasteiger partial charge is 0.407 e. The molecule has 0 heterocycles. The number of allylic oxidation sites excluding steroid dienone is 1. The van der Waals surface area contributed by atoms with Crippen LogP contribution in [0.4, 0.5) is 4.79 Å². The zero-order valence-electron chi connectivity index (χ0n) is 19.7. The van der Waals surface area contributed by atoms with Crippen LogP contribution in [0.5, 0.6) is 0 Å². The molecule has 3 N–H and O–H groups in total. The van der Waals surface area contributed by atoms with Crippen molar-refractivity contribution < 1.29 is 24.2 Å². The van der Waals surface area contributed by atoms with E-state index in [4.69, 9.17) is 4.74 Å². The molecule has 0 spiro atoms. The van der Waals surface area contributed by atoms with Gasteiger partial charge in [-0.15, -0.1) is 6.58 Å². The number of alkyl carbamates (subject to hydrolysis) is 1. The van der Waals surface area contributed by atoms with Crippen molar-refractivity contribution in [3.8, 4) is 11.1 Å². The summed E-state index contributed by atoms with van der Waals surface area (Å²) in [4.78, 5) is 36.1. The topological polar surface area (TPSA) is 105 Å². The molecule has 1 unspecified atom stereocenters. The van der Waals surface area contributed by atoms with Gasteiger partial charge in [-0.3, -0.25) is 4.79 Å². The summed E-state index contributed by atoms with van der Waals surface area (Å²) in [6.45, 7) is 7.38. The minimum atomic E-state index is -1.08. The molecule has 0 saturated carbocycles. The number of amides is 2. The lowest BCUT2D eigenvalue weighted by Gasteiger charge is -2.26. The van der Waals surface area contributed by atoms with Crippen molar-refractivity contribution in [3.63, 3.8) is 0 Å². The van der Waals surface area contributed by atoms with Crippen molar-refractivity contribution in [1.29, 1.82) is 0 Å². The second kappa shape index (κ2) is 11.0. The second-order valence-electron chi connectivity index (χ2n) is 9.16. The number of nitrogens with one attached hydrogen (secondary N) is 2. The van der Waals surface area contributed by atoms with Crippen molar-refractivity contribution in [3.05, 3.63) is 72.3 Å². The number of fused-ring (bicyclic) bond motifs is 3. The predicted octanol–water partition coefficient (Wildman–Crippen LogP) is 4.62. The molecule has 1 atom stereocenters. The molecule has 7 heteroatoms. The summed E-state index contributed by atoms with van der Waals surface area (Å²) >= 11 is 0. The average Bonchev–Trinajstić information content (AvgIpc) is 3.12. The molecular formula is C27H32N2O5. The summed E-state index contributed by atoms with van der Waals surface area (Å²) in [6.07, 6.45) is 2.24. The minimum absolute atomic E-state index is 0.0319. The van der Waals surface area contributed by atoms with E-state index in [9.17, 15) is 19.5 Å². The normalized spacial score (nSPS) is 13.4. The Kier molecular flexibility index (Phi) is 8.10. The van der Waals surface area contributed by atoms with E-state index in [0.717, 1.165) is 22.3 Å². The molecule has 0 fully saturated rings. The molecule has 34 heavy (non-hydrogen) atoms. The average molecular weight is 465 g/mol. The van der Waals surface area contributed by atoms with E-state index in [1.54, 1.807) is 19.9 Å². The fourth-order valence-corrected chi connectivity index (χ4v) is 4.21. The molecule has 180 valence electrons. The summed E-state index contributed by atoms with van der Waals surface area (Å²) in [5, 5.41) is 14.6. The first-order valence-electron chi connectivity index (χ1n) is 11.5. The van der Waals surface area contributed by atoms with Crippen molar-refractivity contribution in [1.82, 2.24) is 10.6 Å². The van der Waals surface area contributed by atoms with Crippen LogP contribution >= 0.6 is 0 Å². The maximum Gasteiger partial charge on any atom is 0.407 e. The Hall–Kier alpha value is -3.61. The van der Waals surface area contributed by atoms with Crippen LogP contribution < -0.4 is 10.6 Å². The third-order valence-corrected chi connectivity index (χ3v) is 6.05. The first-order valence-corrected chi connectivity index (χ1v) is 11.5. The lowest BCUT2D eigenvalue weighted by molar-refractivity contribution is -0.142. The Morgan fingerprint density at radius 1 is 1.09 bits per heavy atom. The quantitative estimate of drug-likeness (QED) is 0.421. The zero-order chi connectivity index (χ0) is 24.7. The molecular weight excluding hydrogens is 432 g/mol. The summed E-state index contributed by atoms with van der Waals surface area (Å²) < 4.78 is 5.58. The Morgan fingerprint density at radius 2 is 1.68 bits per heavy atom. The van der Waals surface area contributed by atoms with E-state index in [1.165, 1.54) is 0 Å². The van der Waals surface area contributed by atoms with Crippen LogP contribution in [0.2, 0.25) is 0 Å². The Morgan fingerprint density at radius 3 is 2.24 bits per heavy atom. The molecule has 1 aliphatic rings. The molecule has 0 aliphatic heterocycles. The minimum Gasteiger partial charge on any atom is -0.480 e. The largest absolute Gasteiger partial charge is 0.480 e. The monoisotopic (exact) mass is 464 g/mol. The number of hydrogen-bond acceptors (Lipinski definition) is 4. The van der Waals surface area contributed by atoms with Crippen LogP contribution in [-0.4, -0.2) is 41.3 Å². The van der Waals surface area contributed by atoms with Crippen molar-refractivity contribution >= 4 is 18.0 Å². The van der Waals surface area contributed by atoms with Crippen molar-refractivity contribution in [2.24, 2.45) is 0 Å². The van der Waals surface area contributed by atoms with Crippen LogP contribution in [0.3, 0.4) is 0 Å². The predicted molar refractivity (Wildman–Crippen MR) is 131 cm³/mol. The van der Waals surface area contributed by atoms with Gasteiger partial charge in [0.05, 0.1) is 0 Å². The molecule has 0 saturated heterocycles. The Balaban J connectivity index is 1.51. The maximum atomic E-state index is 12.5. The van der Waals surface area contributed by atoms with Gasteiger partial charge in [0.15, 0.2) is 0 Å². The zero-order valence-corrected chi connectivity index (χ0v) is 19.7. The fraction of sp³-hybridized carbons (Fsp3) is 0.370. The molecule has 2 aromatic rings. The number of carboxylic acids is 1. The second-order valence-corrected chi connectivity index (χ2v) is 9.16. The molecule has 3 rings (SSSR count). The van der Waals surface area contributed by atoms with Gasteiger partial charge in [0, 0.05) is 17.9 Å². The van der Waals surface area contributed by atoms with Gasteiger partial charge in [0.2, 0.25) is 5.91 Å². The van der Waals surface area contributed by atoms with E-state index in [-0.39, 0.29) is 31.3 Å². The number of benzene rings is 2. The Bertz CT molecular complexity index is 1020. The lowest BCUT2D eigenvalue weighted by atomic mass is 9.98. The first kappa shape index (κ1) is 25.0. The first-order chi connectivity index (χ1) is 16.2. The standard InChI is InChI=1S/C27H32N2O5/c1-4-5-14-23(25(31)32)28-24(30)15-16-27(2,3)29-26(33)34-17-22-20-12-8-6-10-18(20)19-11-7-9-13-21(19)22/h4,6-13,22-23H,1,5,14-17H2,2-3H3,(H,28,30)(H,29,33)(H,31,32). The van der Waals surface area contributed by atoms with E-state index < -0.39 is 23.6 Å². The summed E-state index contributed by atoms with van der Waals surface area (Å²) in [5.41, 5.74) is 3.88. The third-order valence-electron chi connectivity index (χ3n) is 6.05. The fourth-order valence-electron chi connectivity index (χ4n) is 4.21. The highest BCUT2D eigenvalue weighted by Gasteiger charge is 2.30. The van der Waals surface area contributed by atoms with Gasteiger partial charge in [-0.2, -0.15) is 0 Å². The number of carbonyl (C=O) groups is 3. The van der Waals surface area contributed by atoms with Gasteiger partial charge in [0.1, 0.15) is 12.6 Å². The van der Waals surface area contributed by atoms with Gasteiger partial charge in [-0.1, -0.05) is 54.6 Å². The Labute approximate surface area is 200 Å². The summed E-state index contributed by atoms with van der Waals surface area (Å²) in [6, 6.07) is 15.3. The number of carboxylic acid groups (broad SMARTS) is 1. The third kappa shape index (κ3) is 6.25. The molecule has 1 aliphatic carbocycles. The highest BCUT2D eigenvalue weighted by atomic mass is 16.5. The summed E-state index contributed by atoms with van der Waals surface area (Å²) in [5.74, 6) is -1.49. The highest BCUT2D eigenvalue weighted by Crippen LogP contribution is 2.44. The number of ether oxygens (including phenoxy) is 1. The number of hydrogen-bond donors (Lipinski definition) is 3. The van der Waals surface area contributed by atoms with Gasteiger partial charge in [-0.25, -0.2) is 9.59 Å². The van der Waals surface area contributed by atoms with Gasteiger partial charge in [-0.05, 0) is 55.4 Å². The van der Waals surface area contributed by atoms with Crippen LogP contribution in [0.25, 0.3) is 11.1 Å². The van der Waals surface area contributed by atoms with Crippen LogP contribution in [0.1, 0.15) is 56.6 Å². The van der Waals surface area contributed by atoms with Crippen LogP contribution in [-0.2, 0) is 14.3 Å². The van der Waals surface area contributed by atoms with Gasteiger partial charge < -0.3 is 20.5 Å². The molecule has 2 amide bonds. The highest BCUT2D eigenvalue weighted by molar-refractivity contribution is 5.83. The van der Waals surface area contributed by atoms with Crippen molar-refractivity contribution in [2.75, 3.05) is 6.61 Å². The molecule has 0 aromatic heterocycles. The number of aliphatic carboxylic acids is 1. The summed E-state index contributed by atoms with van der Waals surface area (Å²) in [7, 11) is 0. The van der Waals surface area contributed by atoms with Crippen LogP contribution in [0, 0.1) is 0 Å². The van der Waals surface area contributed by atoms with Crippen molar-refractivity contribution in [2.45, 2.75) is 57.0 Å². The molecule has 0 bridgehead atoms. The number of rotatable bonds is 11. The maximum absolute atomic E-state index is 12.5.